The third-order valence-electron chi connectivity index (χ3n) is 4.32. The highest BCUT2D eigenvalue weighted by atomic mass is 32.2. The number of anilines is 2. The number of carbonyl (C=O) groups excluding carboxylic acids is 1. The van der Waals surface area contributed by atoms with Gasteiger partial charge in [0.25, 0.3) is 10.0 Å². The summed E-state index contributed by atoms with van der Waals surface area (Å²) in [6.07, 6.45) is -0.242. The third kappa shape index (κ3) is 3.84. The summed E-state index contributed by atoms with van der Waals surface area (Å²) in [5.41, 5.74) is 0.880. The second kappa shape index (κ2) is 7.59. The zero-order chi connectivity index (χ0) is 20.5. The molecule has 1 unspecified atom stereocenters. The van der Waals surface area contributed by atoms with Gasteiger partial charge in [0.05, 0.1) is 37.0 Å². The Hall–Kier alpha value is -2.94. The summed E-state index contributed by atoms with van der Waals surface area (Å²) >= 11 is 0. The zero-order valence-corrected chi connectivity index (χ0v) is 16.9. The minimum atomic E-state index is -3.88. The van der Waals surface area contributed by atoms with Crippen molar-refractivity contribution < 1.29 is 27.4 Å². The number of methoxy groups -OCH3 is 2. The van der Waals surface area contributed by atoms with E-state index in [2.05, 4.69) is 4.72 Å². The fourth-order valence-electron chi connectivity index (χ4n) is 3.00. The molecule has 0 aromatic heterocycles. The molecule has 1 heterocycles. The van der Waals surface area contributed by atoms with Gasteiger partial charge in [0.2, 0.25) is 5.91 Å². The zero-order valence-electron chi connectivity index (χ0n) is 16.1. The quantitative estimate of drug-likeness (QED) is 0.820. The summed E-state index contributed by atoms with van der Waals surface area (Å²) in [6.45, 7) is 3.70. The fourth-order valence-corrected chi connectivity index (χ4v) is 4.06. The van der Waals surface area contributed by atoms with Gasteiger partial charge in [-0.25, -0.2) is 8.42 Å². The molecule has 2 aromatic rings. The van der Waals surface area contributed by atoms with Crippen LogP contribution in [0.15, 0.2) is 41.3 Å². The number of nitrogens with zero attached hydrogens (tertiary/aromatic N) is 1. The maximum atomic E-state index is 12.8. The fraction of sp³-hybridized carbons (Fsp3) is 0.316. The molecule has 0 saturated carbocycles. The first-order valence-corrected chi connectivity index (χ1v) is 10.1. The van der Waals surface area contributed by atoms with Crippen LogP contribution in [0.1, 0.15) is 13.8 Å². The smallest absolute Gasteiger partial charge is 0.262 e. The van der Waals surface area contributed by atoms with E-state index in [9.17, 15) is 13.2 Å². The van der Waals surface area contributed by atoms with Gasteiger partial charge in [-0.2, -0.15) is 0 Å². The van der Waals surface area contributed by atoms with Crippen molar-refractivity contribution in [1.82, 2.24) is 0 Å². The van der Waals surface area contributed by atoms with Crippen molar-refractivity contribution >= 4 is 27.3 Å². The van der Waals surface area contributed by atoms with Crippen LogP contribution < -0.4 is 23.8 Å². The Bertz CT molecular complexity index is 1010. The van der Waals surface area contributed by atoms with E-state index in [1.165, 1.54) is 39.3 Å². The number of rotatable bonds is 5. The normalized spacial score (nSPS) is 16.0. The third-order valence-corrected chi connectivity index (χ3v) is 5.70. The molecule has 28 heavy (non-hydrogen) atoms. The van der Waals surface area contributed by atoms with Gasteiger partial charge in [-0.05, 0) is 31.2 Å². The number of sulfonamides is 1. The van der Waals surface area contributed by atoms with E-state index in [1.807, 2.05) is 6.92 Å². The average Bonchev–Trinajstić information content (AvgIpc) is 2.66. The molecule has 3 rings (SSSR count). The Morgan fingerprint density at radius 2 is 1.86 bits per heavy atom. The molecule has 2 aromatic carbocycles. The monoisotopic (exact) mass is 406 g/mol. The molecule has 1 aliphatic heterocycles. The van der Waals surface area contributed by atoms with Gasteiger partial charge in [0, 0.05) is 19.1 Å². The first-order valence-electron chi connectivity index (χ1n) is 8.59. The minimum absolute atomic E-state index is 0.0265. The maximum absolute atomic E-state index is 12.8. The van der Waals surface area contributed by atoms with Crippen LogP contribution in [0, 0.1) is 0 Å². The molecule has 1 atom stereocenters. The highest BCUT2D eigenvalue weighted by Gasteiger charge is 2.27. The van der Waals surface area contributed by atoms with Gasteiger partial charge in [-0.15, -0.1) is 0 Å². The molecule has 0 aliphatic carbocycles. The number of nitrogens with one attached hydrogen (secondary N) is 1. The molecule has 0 radical (unpaired) electrons. The summed E-state index contributed by atoms with van der Waals surface area (Å²) in [4.78, 5) is 13.5. The maximum Gasteiger partial charge on any atom is 0.262 e. The highest BCUT2D eigenvalue weighted by molar-refractivity contribution is 7.92. The van der Waals surface area contributed by atoms with E-state index < -0.39 is 10.0 Å². The molecule has 0 spiro atoms. The predicted molar refractivity (Wildman–Crippen MR) is 105 cm³/mol. The SMILES string of the molecule is COc1ccc(NS(=O)(=O)c2ccc3c(c2)OC(C)CN3C(C)=O)cc1OC. The van der Waals surface area contributed by atoms with Crippen molar-refractivity contribution in [3.8, 4) is 17.2 Å². The van der Waals surface area contributed by atoms with Crippen molar-refractivity contribution in [2.75, 3.05) is 30.4 Å². The summed E-state index contributed by atoms with van der Waals surface area (Å²) < 4.78 is 44.3. The van der Waals surface area contributed by atoms with Gasteiger partial charge in [-0.3, -0.25) is 9.52 Å². The van der Waals surface area contributed by atoms with Crippen LogP contribution in [0.3, 0.4) is 0 Å². The van der Waals surface area contributed by atoms with Crippen molar-refractivity contribution in [3.63, 3.8) is 0 Å². The second-order valence-electron chi connectivity index (χ2n) is 6.36. The summed E-state index contributed by atoms with van der Waals surface area (Å²) in [6, 6.07) is 9.16. The summed E-state index contributed by atoms with van der Waals surface area (Å²) in [5, 5.41) is 0. The van der Waals surface area contributed by atoms with Crippen LogP contribution >= 0.6 is 0 Å². The molecule has 0 fully saturated rings. The standard InChI is InChI=1S/C19H22N2O6S/c1-12-11-21(13(2)22)16-7-6-15(10-18(16)27-12)28(23,24)20-14-5-8-17(25-3)19(9-14)26-4/h5-10,12,20H,11H2,1-4H3. The number of hydrogen-bond acceptors (Lipinski definition) is 6. The van der Waals surface area contributed by atoms with Gasteiger partial charge in [0.1, 0.15) is 11.9 Å². The van der Waals surface area contributed by atoms with E-state index in [0.29, 0.717) is 35.2 Å². The first kappa shape index (κ1) is 19.8. The number of hydrogen-bond donors (Lipinski definition) is 1. The molecule has 0 bridgehead atoms. The molecular formula is C19H22N2O6S. The molecular weight excluding hydrogens is 384 g/mol. The van der Waals surface area contributed by atoms with E-state index in [1.54, 1.807) is 23.1 Å². The lowest BCUT2D eigenvalue weighted by atomic mass is 10.2. The van der Waals surface area contributed by atoms with Crippen molar-refractivity contribution in [3.05, 3.63) is 36.4 Å². The van der Waals surface area contributed by atoms with E-state index in [-0.39, 0.29) is 16.9 Å². The summed E-state index contributed by atoms with van der Waals surface area (Å²) in [7, 11) is -0.905. The van der Waals surface area contributed by atoms with Crippen molar-refractivity contribution in [2.45, 2.75) is 24.8 Å². The minimum Gasteiger partial charge on any atom is -0.493 e. The van der Waals surface area contributed by atoms with Crippen molar-refractivity contribution in [2.24, 2.45) is 0 Å². The van der Waals surface area contributed by atoms with Crippen molar-refractivity contribution in [1.29, 1.82) is 0 Å². The molecule has 1 amide bonds. The number of amides is 1. The molecule has 9 heteroatoms. The Morgan fingerprint density at radius 3 is 2.50 bits per heavy atom. The van der Waals surface area contributed by atoms with Crippen LogP contribution in [0.2, 0.25) is 0 Å². The largest absolute Gasteiger partial charge is 0.493 e. The van der Waals surface area contributed by atoms with Gasteiger partial charge >= 0.3 is 0 Å². The van der Waals surface area contributed by atoms with E-state index >= 15 is 0 Å². The van der Waals surface area contributed by atoms with Gasteiger partial charge in [0.15, 0.2) is 11.5 Å². The van der Waals surface area contributed by atoms with Crippen LogP contribution in [-0.2, 0) is 14.8 Å². The number of benzene rings is 2. The van der Waals surface area contributed by atoms with Crippen LogP contribution in [0.25, 0.3) is 0 Å². The first-order chi connectivity index (χ1) is 13.2. The highest BCUT2D eigenvalue weighted by Crippen LogP contribution is 2.36. The number of carbonyl (C=O) groups is 1. The van der Waals surface area contributed by atoms with Crippen LogP contribution in [-0.4, -0.2) is 41.2 Å². The van der Waals surface area contributed by atoms with Gasteiger partial charge < -0.3 is 19.1 Å². The van der Waals surface area contributed by atoms with E-state index in [4.69, 9.17) is 14.2 Å². The Kier molecular flexibility index (Phi) is 5.37. The molecule has 0 saturated heterocycles. The summed E-state index contributed by atoms with van der Waals surface area (Å²) in [5.74, 6) is 1.12. The predicted octanol–water partition coefficient (Wildman–Crippen LogP) is 2.64. The Balaban J connectivity index is 1.93. The molecule has 150 valence electrons. The number of ether oxygens (including phenoxy) is 3. The topological polar surface area (TPSA) is 94.2 Å². The lowest BCUT2D eigenvalue weighted by Crippen LogP contribution is -2.41. The second-order valence-corrected chi connectivity index (χ2v) is 8.05. The van der Waals surface area contributed by atoms with Crippen LogP contribution in [0.5, 0.6) is 17.2 Å². The average molecular weight is 406 g/mol. The number of fused-ring (bicyclic) bond motifs is 1. The Labute approximate surface area is 164 Å². The molecule has 8 nitrogen and oxygen atoms in total. The molecule has 1 aliphatic rings. The van der Waals surface area contributed by atoms with E-state index in [0.717, 1.165) is 0 Å². The van der Waals surface area contributed by atoms with Gasteiger partial charge in [-0.1, -0.05) is 0 Å². The lowest BCUT2D eigenvalue weighted by Gasteiger charge is -2.33. The van der Waals surface area contributed by atoms with Crippen LogP contribution in [0.4, 0.5) is 11.4 Å². The Morgan fingerprint density at radius 1 is 1.14 bits per heavy atom. The molecule has 1 N–H and O–H groups in total. The lowest BCUT2D eigenvalue weighted by molar-refractivity contribution is -0.117.